The Labute approximate surface area is 185 Å². The van der Waals surface area contributed by atoms with Crippen LogP contribution in [0.5, 0.6) is 0 Å². The third-order valence-electron chi connectivity index (χ3n) is 6.68. The molecule has 2 aromatic carbocycles. The van der Waals surface area contributed by atoms with E-state index in [2.05, 4.69) is 16.7 Å². The molecule has 2 fully saturated rings. The van der Waals surface area contributed by atoms with Gasteiger partial charge in [-0.25, -0.2) is 21.6 Å². The quantitative estimate of drug-likeness (QED) is 0.710. The molecule has 2 bridgehead atoms. The third kappa shape index (κ3) is 4.31. The molecular formula is C23H30N2O4S2. The summed E-state index contributed by atoms with van der Waals surface area (Å²) in [7, 11) is -5.57. The lowest BCUT2D eigenvalue weighted by Crippen LogP contribution is -2.48. The maximum atomic E-state index is 13.4. The van der Waals surface area contributed by atoms with Gasteiger partial charge in [0.2, 0.25) is 19.9 Å². The minimum Gasteiger partial charge on any atom is -0.300 e. The highest BCUT2D eigenvalue weighted by Crippen LogP contribution is 2.35. The molecular weight excluding hydrogens is 432 g/mol. The lowest BCUT2D eigenvalue weighted by molar-refractivity contribution is 0.157. The van der Waals surface area contributed by atoms with Crippen molar-refractivity contribution in [3.05, 3.63) is 54.1 Å². The van der Waals surface area contributed by atoms with Gasteiger partial charge in [0.1, 0.15) is 0 Å². The van der Waals surface area contributed by atoms with Crippen LogP contribution in [0.4, 0.5) is 0 Å². The van der Waals surface area contributed by atoms with Crippen molar-refractivity contribution >= 4 is 19.9 Å². The molecule has 31 heavy (non-hydrogen) atoms. The predicted molar refractivity (Wildman–Crippen MR) is 120 cm³/mol. The Morgan fingerprint density at radius 3 is 2.10 bits per heavy atom. The van der Waals surface area contributed by atoms with Gasteiger partial charge in [0, 0.05) is 18.1 Å². The van der Waals surface area contributed by atoms with Crippen molar-refractivity contribution in [2.45, 2.75) is 78.3 Å². The van der Waals surface area contributed by atoms with Gasteiger partial charge in [-0.3, -0.25) is 0 Å². The molecule has 6 nitrogen and oxygen atoms in total. The minimum atomic E-state index is -3.87. The summed E-state index contributed by atoms with van der Waals surface area (Å²) in [4.78, 5) is 2.56. The monoisotopic (exact) mass is 462 g/mol. The Bertz CT molecular complexity index is 1150. The van der Waals surface area contributed by atoms with Crippen LogP contribution in [0.1, 0.15) is 51.0 Å². The Morgan fingerprint density at radius 1 is 0.903 bits per heavy atom. The Morgan fingerprint density at radius 2 is 1.52 bits per heavy atom. The molecule has 2 aliphatic rings. The number of piperidine rings is 1. The van der Waals surface area contributed by atoms with Crippen LogP contribution in [0.3, 0.4) is 0 Å². The van der Waals surface area contributed by atoms with Gasteiger partial charge in [-0.15, -0.1) is 0 Å². The summed E-state index contributed by atoms with van der Waals surface area (Å²) >= 11 is 0. The molecule has 1 unspecified atom stereocenters. The van der Waals surface area contributed by atoms with Crippen molar-refractivity contribution in [3.63, 3.8) is 0 Å². The second-order valence-electron chi connectivity index (χ2n) is 9.01. The number of nitrogens with zero attached hydrogens (tertiary/aromatic N) is 1. The Hall–Kier alpha value is -1.74. The van der Waals surface area contributed by atoms with Gasteiger partial charge in [-0.2, -0.15) is 0 Å². The SMILES string of the molecule is CC(C)c1ccc(S(=O)(=O)c2ccccc2)cc1S(=O)(=O)NC1C[C@H]2CC[C@@H](C1)N2C. The van der Waals surface area contributed by atoms with Gasteiger partial charge in [-0.1, -0.05) is 38.1 Å². The normalized spacial score (nSPS) is 24.6. The molecule has 0 aromatic heterocycles. The van der Waals surface area contributed by atoms with Gasteiger partial charge in [0.05, 0.1) is 14.7 Å². The maximum Gasteiger partial charge on any atom is 0.241 e. The number of nitrogens with one attached hydrogen (secondary N) is 1. The van der Waals surface area contributed by atoms with Crippen molar-refractivity contribution in [1.82, 2.24) is 9.62 Å². The largest absolute Gasteiger partial charge is 0.300 e. The fraction of sp³-hybridized carbons (Fsp3) is 0.478. The molecule has 3 atom stereocenters. The molecule has 0 spiro atoms. The van der Waals surface area contributed by atoms with E-state index >= 15 is 0 Å². The summed E-state index contributed by atoms with van der Waals surface area (Å²) in [6.45, 7) is 3.82. The van der Waals surface area contributed by atoms with Gasteiger partial charge < -0.3 is 4.90 Å². The van der Waals surface area contributed by atoms with Crippen LogP contribution in [0.2, 0.25) is 0 Å². The first kappa shape index (κ1) is 22.5. The zero-order chi connectivity index (χ0) is 22.4. The Balaban J connectivity index is 1.70. The highest BCUT2D eigenvalue weighted by molar-refractivity contribution is 7.91. The number of fused-ring (bicyclic) bond motifs is 2. The van der Waals surface area contributed by atoms with E-state index in [-0.39, 0.29) is 26.6 Å². The van der Waals surface area contributed by atoms with Crippen LogP contribution in [0, 0.1) is 0 Å². The first-order valence-corrected chi connectivity index (χ1v) is 13.7. The summed E-state index contributed by atoms with van der Waals surface area (Å²) in [5.74, 6) is -0.0614. The van der Waals surface area contributed by atoms with Crippen LogP contribution in [0.25, 0.3) is 0 Å². The molecule has 2 aliphatic heterocycles. The van der Waals surface area contributed by atoms with E-state index < -0.39 is 19.9 Å². The fourth-order valence-corrected chi connectivity index (χ4v) is 7.95. The van der Waals surface area contributed by atoms with Crippen LogP contribution >= 0.6 is 0 Å². The number of sulfonamides is 1. The van der Waals surface area contributed by atoms with E-state index in [9.17, 15) is 16.8 Å². The maximum absolute atomic E-state index is 13.4. The average Bonchev–Trinajstić information content (AvgIpc) is 2.94. The van der Waals surface area contributed by atoms with Crippen LogP contribution in [-0.2, 0) is 19.9 Å². The number of benzene rings is 2. The summed E-state index contributed by atoms with van der Waals surface area (Å²) in [5, 5.41) is 0. The number of rotatable bonds is 6. The molecule has 4 rings (SSSR count). The zero-order valence-electron chi connectivity index (χ0n) is 18.2. The van der Waals surface area contributed by atoms with Crippen LogP contribution < -0.4 is 4.72 Å². The lowest BCUT2D eigenvalue weighted by atomic mass is 9.99. The molecule has 1 N–H and O–H groups in total. The molecule has 2 heterocycles. The molecule has 0 amide bonds. The van der Waals surface area contributed by atoms with Crippen molar-refractivity contribution in [3.8, 4) is 0 Å². The molecule has 168 valence electrons. The molecule has 0 aliphatic carbocycles. The summed E-state index contributed by atoms with van der Waals surface area (Å²) < 4.78 is 56.0. The van der Waals surface area contributed by atoms with E-state index in [1.54, 1.807) is 24.3 Å². The van der Waals surface area contributed by atoms with Crippen LogP contribution in [-0.4, -0.2) is 46.9 Å². The van der Waals surface area contributed by atoms with Crippen molar-refractivity contribution in [2.24, 2.45) is 0 Å². The number of hydrogen-bond donors (Lipinski definition) is 1. The second-order valence-corrected chi connectivity index (χ2v) is 12.6. The predicted octanol–water partition coefficient (Wildman–Crippen LogP) is 3.55. The molecule has 0 radical (unpaired) electrons. The molecule has 2 aromatic rings. The van der Waals surface area contributed by atoms with Gasteiger partial charge in [-0.05, 0) is 68.5 Å². The van der Waals surface area contributed by atoms with Gasteiger partial charge in [0.15, 0.2) is 0 Å². The average molecular weight is 463 g/mol. The van der Waals surface area contributed by atoms with Crippen molar-refractivity contribution in [1.29, 1.82) is 0 Å². The zero-order valence-corrected chi connectivity index (χ0v) is 19.8. The smallest absolute Gasteiger partial charge is 0.241 e. The number of hydrogen-bond acceptors (Lipinski definition) is 5. The highest BCUT2D eigenvalue weighted by atomic mass is 32.2. The molecule has 2 saturated heterocycles. The van der Waals surface area contributed by atoms with Gasteiger partial charge in [0.25, 0.3) is 0 Å². The first-order chi connectivity index (χ1) is 14.6. The van der Waals surface area contributed by atoms with E-state index in [4.69, 9.17) is 0 Å². The third-order valence-corrected chi connectivity index (χ3v) is 10.0. The lowest BCUT2D eigenvalue weighted by Gasteiger charge is -2.36. The summed E-state index contributed by atoms with van der Waals surface area (Å²) in [6.07, 6.45) is 3.76. The topological polar surface area (TPSA) is 83.5 Å². The van der Waals surface area contributed by atoms with Crippen molar-refractivity contribution in [2.75, 3.05) is 7.05 Å². The van der Waals surface area contributed by atoms with E-state index in [0.29, 0.717) is 17.6 Å². The van der Waals surface area contributed by atoms with E-state index in [1.165, 1.54) is 24.3 Å². The standard InChI is InChI=1S/C23H30N2O4S2/c1-16(2)22-12-11-21(30(26,27)20-7-5-4-6-8-20)15-23(22)31(28,29)24-17-13-18-9-10-19(14-17)25(18)3/h4-8,11-12,15-19,24H,9-10,13-14H2,1-3H3/t17?,18-,19+. The first-order valence-electron chi connectivity index (χ1n) is 10.8. The Kier molecular flexibility index (Phi) is 6.02. The minimum absolute atomic E-state index is 0.00748. The molecule has 8 heteroatoms. The van der Waals surface area contributed by atoms with Gasteiger partial charge >= 0.3 is 0 Å². The molecule has 0 saturated carbocycles. The summed E-state index contributed by atoms with van der Waals surface area (Å²) in [6, 6.07) is 13.2. The summed E-state index contributed by atoms with van der Waals surface area (Å²) in [5.41, 5.74) is 0.621. The fourth-order valence-electron chi connectivity index (χ4n) is 4.92. The van der Waals surface area contributed by atoms with E-state index in [1.807, 2.05) is 13.8 Å². The highest BCUT2D eigenvalue weighted by Gasteiger charge is 2.40. The van der Waals surface area contributed by atoms with E-state index in [0.717, 1.165) is 25.7 Å². The van der Waals surface area contributed by atoms with Crippen molar-refractivity contribution < 1.29 is 16.8 Å². The second kappa shape index (κ2) is 8.31. The van der Waals surface area contributed by atoms with Crippen LogP contribution in [0.15, 0.2) is 63.2 Å². The number of sulfone groups is 1.